The van der Waals surface area contributed by atoms with Crippen LogP contribution in [0.3, 0.4) is 0 Å². The van der Waals surface area contributed by atoms with Gasteiger partial charge in [-0.05, 0) is 24.3 Å². The van der Waals surface area contributed by atoms with Gasteiger partial charge in [-0.1, -0.05) is 6.58 Å². The Morgan fingerprint density at radius 2 is 2.24 bits per heavy atom. The number of pyridine rings is 1. The Balaban J connectivity index is 2.86. The van der Waals surface area contributed by atoms with Crippen LogP contribution in [0.1, 0.15) is 5.56 Å². The lowest BCUT2D eigenvalue weighted by atomic mass is 9.97. The van der Waals surface area contributed by atoms with Crippen molar-refractivity contribution >= 4 is 19.1 Å². The molecule has 0 aliphatic heterocycles. The van der Waals surface area contributed by atoms with E-state index in [1.807, 2.05) is 0 Å². The smallest absolute Gasteiger partial charge is 0.159 e. The van der Waals surface area contributed by atoms with Gasteiger partial charge < -0.3 is 11.1 Å². The van der Waals surface area contributed by atoms with E-state index < -0.39 is 5.79 Å². The van der Waals surface area contributed by atoms with Gasteiger partial charge in [0.25, 0.3) is 0 Å². The summed E-state index contributed by atoms with van der Waals surface area (Å²) >= 11 is 0. The average molecular weight is 232 g/mol. The lowest BCUT2D eigenvalue weighted by Gasteiger charge is -2.27. The Bertz CT molecular complexity index is 417. The van der Waals surface area contributed by atoms with Gasteiger partial charge >= 0.3 is 0 Å². The van der Waals surface area contributed by atoms with Crippen molar-refractivity contribution in [2.24, 2.45) is 17.2 Å². The summed E-state index contributed by atoms with van der Waals surface area (Å²) in [6, 6.07) is 1.78. The van der Waals surface area contributed by atoms with Gasteiger partial charge in [0, 0.05) is 12.7 Å². The third kappa shape index (κ3) is 3.27. The molecule has 1 heterocycles. The summed E-state index contributed by atoms with van der Waals surface area (Å²) < 4.78 is 0. The summed E-state index contributed by atoms with van der Waals surface area (Å²) in [6.07, 6.45) is 1.56. The van der Waals surface area contributed by atoms with E-state index in [4.69, 9.17) is 25.0 Å². The van der Waals surface area contributed by atoms with Gasteiger partial charge in [-0.2, -0.15) is 0 Å². The minimum absolute atomic E-state index is 0.309. The van der Waals surface area contributed by atoms with E-state index in [0.717, 1.165) is 5.56 Å². The maximum absolute atomic E-state index is 5.74. The van der Waals surface area contributed by atoms with Gasteiger partial charge in [0.15, 0.2) is 5.79 Å². The van der Waals surface area contributed by atoms with Crippen LogP contribution in [0.15, 0.2) is 24.5 Å². The predicted octanol–water partition coefficient (Wildman–Crippen LogP) is -1.95. The van der Waals surface area contributed by atoms with Crippen molar-refractivity contribution in [3.05, 3.63) is 30.1 Å². The average Bonchev–Trinajstić information content (AvgIpc) is 2.31. The Hall–Kier alpha value is -1.41. The molecule has 0 saturated carbocycles. The first-order valence-electron chi connectivity index (χ1n) is 5.08. The zero-order chi connectivity index (χ0) is 13.1. The lowest BCUT2D eigenvalue weighted by molar-refractivity contribution is 0.449. The monoisotopic (exact) mass is 232 g/mol. The zero-order valence-electron chi connectivity index (χ0n) is 9.83. The van der Waals surface area contributed by atoms with Crippen LogP contribution in [0.5, 0.6) is 0 Å². The summed E-state index contributed by atoms with van der Waals surface area (Å²) in [5.41, 5.74) is 19.3. The highest BCUT2D eigenvalue weighted by molar-refractivity contribution is 6.31. The maximum atomic E-state index is 5.74. The first kappa shape index (κ1) is 13.7. The van der Waals surface area contributed by atoms with E-state index in [2.05, 4.69) is 22.2 Å². The van der Waals surface area contributed by atoms with E-state index in [-0.39, 0.29) is 0 Å². The predicted molar refractivity (Wildman–Crippen MR) is 70.4 cm³/mol. The van der Waals surface area contributed by atoms with Crippen LogP contribution in [0.4, 0.5) is 5.69 Å². The second-order valence-corrected chi connectivity index (χ2v) is 3.70. The van der Waals surface area contributed by atoms with Crippen molar-refractivity contribution in [2.75, 3.05) is 12.4 Å². The van der Waals surface area contributed by atoms with Crippen LogP contribution in [-0.4, -0.2) is 25.7 Å². The normalized spacial score (nSPS) is 11.3. The van der Waals surface area contributed by atoms with Crippen molar-refractivity contribution in [1.29, 1.82) is 0 Å². The number of nitrogens with one attached hydrogen (secondary N) is 2. The lowest BCUT2D eigenvalue weighted by Crippen LogP contribution is -2.62. The number of aromatic nitrogens is 1. The number of likely N-dealkylation sites (N-methyl/N-ethyl adjacent to an activating group) is 1. The molecule has 8 N–H and O–H groups in total. The van der Waals surface area contributed by atoms with Crippen molar-refractivity contribution in [1.82, 2.24) is 10.3 Å². The van der Waals surface area contributed by atoms with Gasteiger partial charge in [-0.15, -0.1) is 0 Å². The molecule has 0 aromatic carbocycles. The third-order valence-corrected chi connectivity index (χ3v) is 2.43. The molecule has 0 aliphatic rings. The fourth-order valence-corrected chi connectivity index (χ4v) is 1.18. The summed E-state index contributed by atoms with van der Waals surface area (Å²) in [5, 5.41) is 5.68. The summed E-state index contributed by atoms with van der Waals surface area (Å²) in [4.78, 5) is 4.00. The number of nitrogens with zero attached hydrogens (tertiary/aromatic N) is 1. The van der Waals surface area contributed by atoms with Gasteiger partial charge in [-0.3, -0.25) is 21.8 Å². The molecule has 0 saturated heterocycles. The third-order valence-electron chi connectivity index (χ3n) is 2.43. The van der Waals surface area contributed by atoms with Crippen LogP contribution >= 0.6 is 0 Å². The Morgan fingerprint density at radius 1 is 1.59 bits per heavy atom. The highest BCUT2D eigenvalue weighted by Gasteiger charge is 2.20. The summed E-state index contributed by atoms with van der Waals surface area (Å²) in [6.45, 7) is 4.07. The van der Waals surface area contributed by atoms with E-state index in [1.165, 1.54) is 0 Å². The molecule has 17 heavy (non-hydrogen) atoms. The molecule has 0 spiro atoms. The number of anilines is 1. The summed E-state index contributed by atoms with van der Waals surface area (Å²) in [7, 11) is 7.28. The number of rotatable bonds is 5. The molecule has 1 aromatic heterocycles. The fourth-order valence-electron chi connectivity index (χ4n) is 1.18. The minimum atomic E-state index is -1.20. The van der Waals surface area contributed by atoms with E-state index in [9.17, 15) is 0 Å². The molecule has 0 atom stereocenters. The van der Waals surface area contributed by atoms with Crippen molar-refractivity contribution in [3.8, 4) is 0 Å². The largest absolute Gasteiger partial charge is 0.354 e. The van der Waals surface area contributed by atoms with Crippen LogP contribution < -0.4 is 33.4 Å². The van der Waals surface area contributed by atoms with Gasteiger partial charge in [0.2, 0.25) is 0 Å². The van der Waals surface area contributed by atoms with Crippen molar-refractivity contribution in [3.63, 3.8) is 0 Å². The fraction of sp³-hybridized carbons (Fsp3) is 0.300. The van der Waals surface area contributed by atoms with Gasteiger partial charge in [0.05, 0.1) is 11.4 Å². The van der Waals surface area contributed by atoms with Gasteiger partial charge in [0.1, 0.15) is 7.85 Å². The second-order valence-electron chi connectivity index (χ2n) is 3.70. The number of hydrogen-bond acceptors (Lipinski definition) is 6. The minimum Gasteiger partial charge on any atom is -0.354 e. The van der Waals surface area contributed by atoms with Crippen molar-refractivity contribution < 1.29 is 0 Å². The van der Waals surface area contributed by atoms with E-state index in [1.54, 1.807) is 19.3 Å². The van der Waals surface area contributed by atoms with Crippen LogP contribution in [0.2, 0.25) is 0 Å². The van der Waals surface area contributed by atoms with Gasteiger partial charge in [-0.25, -0.2) is 0 Å². The van der Waals surface area contributed by atoms with Crippen LogP contribution in [0.25, 0.3) is 0 Å². The Morgan fingerprint density at radius 3 is 2.76 bits per heavy atom. The Labute approximate surface area is 102 Å². The SMILES string of the molecule is [B]c1ncc(NC(=C)C(N)(N)NC)cc1CN. The molecule has 6 nitrogen and oxygen atoms in total. The first-order chi connectivity index (χ1) is 7.90. The molecular weight excluding hydrogens is 215 g/mol. The van der Waals surface area contributed by atoms with Crippen molar-refractivity contribution in [2.45, 2.75) is 12.3 Å². The Kier molecular flexibility index (Phi) is 4.25. The first-order valence-corrected chi connectivity index (χ1v) is 5.08. The molecule has 1 rings (SSSR count). The summed E-state index contributed by atoms with van der Waals surface area (Å²) in [5.74, 6) is -1.20. The molecule has 0 bridgehead atoms. The molecule has 2 radical (unpaired) electrons. The molecule has 90 valence electrons. The topological polar surface area (TPSA) is 115 Å². The zero-order valence-corrected chi connectivity index (χ0v) is 9.83. The molecule has 0 amide bonds. The maximum Gasteiger partial charge on any atom is 0.159 e. The molecule has 0 fully saturated rings. The highest BCUT2D eigenvalue weighted by atomic mass is 15.2. The molecule has 0 aliphatic carbocycles. The molecular formula is C10H17BN6. The van der Waals surface area contributed by atoms with Crippen LogP contribution in [-0.2, 0) is 6.54 Å². The highest BCUT2D eigenvalue weighted by Crippen LogP contribution is 2.11. The van der Waals surface area contributed by atoms with E-state index >= 15 is 0 Å². The number of hydrogen-bond donors (Lipinski definition) is 5. The number of nitrogens with two attached hydrogens (primary N) is 3. The standard InChI is InChI=1S/C10H17BN6/c1-6(10(13,14)15-2)17-8-3-7(4-12)9(11)16-5-8/h3,5,15,17H,1,4,12-14H2,2H3. The molecule has 1 aromatic rings. The van der Waals surface area contributed by atoms with Crippen LogP contribution in [0, 0.1) is 0 Å². The molecule has 0 unspecified atom stereocenters. The molecule has 7 heteroatoms. The quantitative estimate of drug-likeness (QED) is 0.298. The second kappa shape index (κ2) is 5.28. The van der Waals surface area contributed by atoms with E-state index in [0.29, 0.717) is 23.5 Å².